The number of nitrogen functional groups attached to an aromatic ring is 1. The van der Waals surface area contributed by atoms with Crippen LogP contribution in [0.4, 0.5) is 5.69 Å². The molecule has 0 radical (unpaired) electrons. The number of nitrogens with zero attached hydrogens (tertiary/aromatic N) is 2. The second-order valence-corrected chi connectivity index (χ2v) is 5.02. The van der Waals surface area contributed by atoms with E-state index in [1.54, 1.807) is 18.2 Å². The number of hydrogen-bond donors (Lipinski definition) is 1. The number of halogens is 2. The van der Waals surface area contributed by atoms with Crippen LogP contribution in [0.2, 0.25) is 10.0 Å². The first-order valence-electron chi connectivity index (χ1n) is 5.90. The van der Waals surface area contributed by atoms with Crippen molar-refractivity contribution in [2.45, 2.75) is 26.3 Å². The van der Waals surface area contributed by atoms with E-state index in [4.69, 9.17) is 28.9 Å². The second kappa shape index (κ2) is 5.63. The molecule has 1 aromatic carbocycles. The Morgan fingerprint density at radius 1 is 1.33 bits per heavy atom. The summed E-state index contributed by atoms with van der Waals surface area (Å²) in [5.74, 6) is 0. The number of nitrogens with two attached hydrogens (primary N) is 1. The minimum Gasteiger partial charge on any atom is -0.396 e. The molecule has 0 bridgehead atoms. The fourth-order valence-corrected chi connectivity index (χ4v) is 2.14. The van der Waals surface area contributed by atoms with Crippen molar-refractivity contribution in [3.63, 3.8) is 0 Å². The summed E-state index contributed by atoms with van der Waals surface area (Å²) in [6.07, 6.45) is 4.03. The van der Waals surface area contributed by atoms with Crippen LogP contribution in [0.3, 0.4) is 0 Å². The first-order valence-corrected chi connectivity index (χ1v) is 6.65. The summed E-state index contributed by atoms with van der Waals surface area (Å²) in [6, 6.07) is 5.29. The van der Waals surface area contributed by atoms with Crippen molar-refractivity contribution in [1.29, 1.82) is 0 Å². The molecule has 0 saturated heterocycles. The standard InChI is InChI=1S/C13H15Cl2N3/c1-2-3-6-18-8-12(16)13(17-18)10-7-9(14)4-5-11(10)15/h4-5,7-8H,2-3,6,16H2,1H3. The lowest BCUT2D eigenvalue weighted by molar-refractivity contribution is 0.573. The Balaban J connectivity index is 2.38. The average molecular weight is 284 g/mol. The highest BCUT2D eigenvalue weighted by Gasteiger charge is 2.12. The molecule has 18 heavy (non-hydrogen) atoms. The van der Waals surface area contributed by atoms with Crippen LogP contribution in [0.25, 0.3) is 11.3 Å². The highest BCUT2D eigenvalue weighted by atomic mass is 35.5. The van der Waals surface area contributed by atoms with Gasteiger partial charge < -0.3 is 5.73 Å². The van der Waals surface area contributed by atoms with Crippen molar-refractivity contribution in [3.8, 4) is 11.3 Å². The van der Waals surface area contributed by atoms with Gasteiger partial charge in [-0.25, -0.2) is 0 Å². The molecular weight excluding hydrogens is 269 g/mol. The van der Waals surface area contributed by atoms with Crippen molar-refractivity contribution in [3.05, 3.63) is 34.4 Å². The predicted octanol–water partition coefficient (Wildman–Crippen LogP) is 4.24. The highest BCUT2D eigenvalue weighted by molar-refractivity contribution is 6.35. The van der Waals surface area contributed by atoms with Crippen LogP contribution in [0.5, 0.6) is 0 Å². The summed E-state index contributed by atoms with van der Waals surface area (Å²) >= 11 is 12.1. The van der Waals surface area contributed by atoms with Crippen molar-refractivity contribution in [2.24, 2.45) is 0 Å². The summed E-state index contributed by atoms with van der Waals surface area (Å²) in [6.45, 7) is 3.00. The number of hydrogen-bond acceptors (Lipinski definition) is 2. The first-order chi connectivity index (χ1) is 8.61. The molecule has 0 atom stereocenters. The van der Waals surface area contributed by atoms with Gasteiger partial charge in [0.05, 0.1) is 10.7 Å². The first kappa shape index (κ1) is 13.2. The Labute approximate surface area is 117 Å². The normalized spacial score (nSPS) is 10.8. The average Bonchev–Trinajstić information content (AvgIpc) is 2.71. The van der Waals surface area contributed by atoms with Crippen LogP contribution in [-0.4, -0.2) is 9.78 Å². The zero-order valence-electron chi connectivity index (χ0n) is 10.2. The van der Waals surface area contributed by atoms with Gasteiger partial charge >= 0.3 is 0 Å². The van der Waals surface area contributed by atoms with Gasteiger partial charge in [-0.05, 0) is 24.6 Å². The topological polar surface area (TPSA) is 43.8 Å². The zero-order chi connectivity index (χ0) is 13.1. The molecule has 0 amide bonds. The number of aromatic nitrogens is 2. The molecule has 2 aromatic rings. The maximum atomic E-state index is 6.15. The Bertz CT molecular complexity index is 549. The van der Waals surface area contributed by atoms with Crippen molar-refractivity contribution < 1.29 is 0 Å². The van der Waals surface area contributed by atoms with E-state index in [-0.39, 0.29) is 0 Å². The molecule has 0 saturated carbocycles. The molecule has 5 heteroatoms. The Hall–Kier alpha value is -1.19. The Morgan fingerprint density at radius 3 is 2.83 bits per heavy atom. The summed E-state index contributed by atoms with van der Waals surface area (Å²) in [5.41, 5.74) is 8.07. The summed E-state index contributed by atoms with van der Waals surface area (Å²) in [5, 5.41) is 5.69. The van der Waals surface area contributed by atoms with Gasteiger partial charge in [0.2, 0.25) is 0 Å². The molecule has 2 rings (SSSR count). The molecule has 0 aliphatic heterocycles. The SMILES string of the molecule is CCCCn1cc(N)c(-c2cc(Cl)ccc2Cl)n1. The van der Waals surface area contributed by atoms with Gasteiger partial charge in [0.15, 0.2) is 0 Å². The summed E-state index contributed by atoms with van der Waals surface area (Å²) in [4.78, 5) is 0. The summed E-state index contributed by atoms with van der Waals surface area (Å²) < 4.78 is 1.85. The number of unbranched alkanes of at least 4 members (excludes halogenated alkanes) is 1. The quantitative estimate of drug-likeness (QED) is 0.912. The molecule has 0 fully saturated rings. The molecular formula is C13H15Cl2N3. The minimum atomic E-state index is 0.604. The highest BCUT2D eigenvalue weighted by Crippen LogP contribution is 2.32. The van der Waals surface area contributed by atoms with Gasteiger partial charge in [-0.3, -0.25) is 4.68 Å². The van der Waals surface area contributed by atoms with E-state index in [9.17, 15) is 0 Å². The minimum absolute atomic E-state index is 0.604. The maximum Gasteiger partial charge on any atom is 0.117 e. The number of rotatable bonds is 4. The van der Waals surface area contributed by atoms with E-state index < -0.39 is 0 Å². The smallest absolute Gasteiger partial charge is 0.117 e. The molecule has 96 valence electrons. The van der Waals surface area contributed by atoms with Crippen LogP contribution in [0.1, 0.15) is 19.8 Å². The fraction of sp³-hybridized carbons (Fsp3) is 0.308. The van der Waals surface area contributed by atoms with Gasteiger partial charge in [0, 0.05) is 23.3 Å². The van der Waals surface area contributed by atoms with Gasteiger partial charge in [-0.15, -0.1) is 0 Å². The molecule has 0 spiro atoms. The van der Waals surface area contributed by atoms with Crippen LogP contribution in [0, 0.1) is 0 Å². The van der Waals surface area contributed by atoms with E-state index >= 15 is 0 Å². The number of benzene rings is 1. The van der Waals surface area contributed by atoms with Crippen LogP contribution in [0.15, 0.2) is 24.4 Å². The zero-order valence-corrected chi connectivity index (χ0v) is 11.7. The predicted molar refractivity (Wildman–Crippen MR) is 77.0 cm³/mol. The molecule has 1 aromatic heterocycles. The van der Waals surface area contributed by atoms with Crippen molar-refractivity contribution >= 4 is 28.9 Å². The van der Waals surface area contributed by atoms with E-state index in [1.165, 1.54) is 0 Å². The van der Waals surface area contributed by atoms with E-state index in [0.717, 1.165) is 24.9 Å². The molecule has 0 unspecified atom stereocenters. The lowest BCUT2D eigenvalue weighted by Gasteiger charge is -2.03. The van der Waals surface area contributed by atoms with Gasteiger partial charge in [0.1, 0.15) is 5.69 Å². The van der Waals surface area contributed by atoms with Crippen molar-refractivity contribution in [2.75, 3.05) is 5.73 Å². The lowest BCUT2D eigenvalue weighted by Crippen LogP contribution is -1.98. The number of anilines is 1. The third kappa shape index (κ3) is 2.79. The second-order valence-electron chi connectivity index (χ2n) is 4.17. The van der Waals surface area contributed by atoms with Crippen molar-refractivity contribution in [1.82, 2.24) is 9.78 Å². The molecule has 2 N–H and O–H groups in total. The third-order valence-corrected chi connectivity index (χ3v) is 3.28. The molecule has 3 nitrogen and oxygen atoms in total. The number of aryl methyl sites for hydroxylation is 1. The van der Waals surface area contributed by atoms with Crippen LogP contribution < -0.4 is 5.73 Å². The van der Waals surface area contributed by atoms with E-state index in [2.05, 4.69) is 12.0 Å². The molecule has 1 heterocycles. The maximum absolute atomic E-state index is 6.15. The van der Waals surface area contributed by atoms with E-state index in [0.29, 0.717) is 21.4 Å². The van der Waals surface area contributed by atoms with Crippen LogP contribution >= 0.6 is 23.2 Å². The van der Waals surface area contributed by atoms with Crippen LogP contribution in [-0.2, 0) is 6.54 Å². The van der Waals surface area contributed by atoms with Gasteiger partial charge in [0.25, 0.3) is 0 Å². The molecule has 0 aliphatic rings. The third-order valence-electron chi connectivity index (χ3n) is 2.71. The van der Waals surface area contributed by atoms with Gasteiger partial charge in [-0.1, -0.05) is 36.5 Å². The van der Waals surface area contributed by atoms with E-state index in [1.807, 2.05) is 10.9 Å². The fourth-order valence-electron chi connectivity index (χ4n) is 1.76. The monoisotopic (exact) mass is 283 g/mol. The molecule has 0 aliphatic carbocycles. The lowest BCUT2D eigenvalue weighted by atomic mass is 10.1. The Morgan fingerprint density at radius 2 is 2.11 bits per heavy atom. The summed E-state index contributed by atoms with van der Waals surface area (Å²) in [7, 11) is 0. The Kier molecular flexibility index (Phi) is 4.15. The largest absolute Gasteiger partial charge is 0.396 e. The van der Waals surface area contributed by atoms with Gasteiger partial charge in [-0.2, -0.15) is 5.10 Å².